The molecular formula is C13H21N3. The predicted octanol–water partition coefficient (Wildman–Crippen LogP) is 2.20. The van der Waals surface area contributed by atoms with Crippen LogP contribution in [0.4, 0.5) is 0 Å². The molecule has 0 amide bonds. The highest BCUT2D eigenvalue weighted by Crippen LogP contribution is 2.07. The number of nitrogens with zero attached hydrogens (tertiary/aromatic N) is 1. The molecule has 0 aliphatic rings. The molecule has 0 unspecified atom stereocenters. The fraction of sp³-hybridized carbons (Fsp3) is 0.462. The van der Waals surface area contributed by atoms with Gasteiger partial charge in [-0.25, -0.2) is 4.99 Å². The van der Waals surface area contributed by atoms with Gasteiger partial charge in [0.15, 0.2) is 5.96 Å². The van der Waals surface area contributed by atoms with Crippen LogP contribution in [0.15, 0.2) is 29.3 Å². The van der Waals surface area contributed by atoms with Crippen LogP contribution in [0.1, 0.15) is 30.9 Å². The van der Waals surface area contributed by atoms with Crippen molar-refractivity contribution in [2.24, 2.45) is 10.7 Å². The van der Waals surface area contributed by atoms with Crippen molar-refractivity contribution in [1.82, 2.24) is 5.32 Å². The molecule has 0 aromatic heterocycles. The summed E-state index contributed by atoms with van der Waals surface area (Å²) in [5.74, 6) is 0.539. The lowest BCUT2D eigenvalue weighted by molar-refractivity contribution is 0.748. The molecule has 1 rings (SSSR count). The van der Waals surface area contributed by atoms with Crippen molar-refractivity contribution in [2.45, 2.75) is 33.2 Å². The number of nitrogens with one attached hydrogen (secondary N) is 1. The van der Waals surface area contributed by atoms with Gasteiger partial charge in [0.05, 0.1) is 6.54 Å². The van der Waals surface area contributed by atoms with Crippen molar-refractivity contribution in [3.05, 3.63) is 35.4 Å². The van der Waals surface area contributed by atoms with Gasteiger partial charge in [0.25, 0.3) is 0 Å². The number of hydrogen-bond acceptors (Lipinski definition) is 1. The van der Waals surface area contributed by atoms with Gasteiger partial charge in [-0.3, -0.25) is 0 Å². The summed E-state index contributed by atoms with van der Waals surface area (Å²) in [6.07, 6.45) is 2.29. The number of hydrogen-bond donors (Lipinski definition) is 2. The monoisotopic (exact) mass is 219 g/mol. The SMILES string of the molecule is CCCCNC(N)=NCc1ccccc1C. The van der Waals surface area contributed by atoms with Gasteiger partial charge in [0, 0.05) is 6.54 Å². The highest BCUT2D eigenvalue weighted by Gasteiger charge is 1.96. The Hall–Kier alpha value is -1.51. The van der Waals surface area contributed by atoms with Gasteiger partial charge in [-0.2, -0.15) is 0 Å². The predicted molar refractivity (Wildman–Crippen MR) is 69.4 cm³/mol. The first kappa shape index (κ1) is 12.6. The molecule has 0 bridgehead atoms. The quantitative estimate of drug-likeness (QED) is 0.453. The Morgan fingerprint density at radius 3 is 2.81 bits per heavy atom. The second-order valence-electron chi connectivity index (χ2n) is 3.91. The number of benzene rings is 1. The van der Waals surface area contributed by atoms with Crippen molar-refractivity contribution in [2.75, 3.05) is 6.54 Å². The van der Waals surface area contributed by atoms with Gasteiger partial charge < -0.3 is 11.1 Å². The first-order valence-electron chi connectivity index (χ1n) is 5.82. The van der Waals surface area contributed by atoms with Gasteiger partial charge in [-0.15, -0.1) is 0 Å². The van der Waals surface area contributed by atoms with Crippen molar-refractivity contribution in [3.8, 4) is 0 Å². The standard InChI is InChI=1S/C13H21N3/c1-3-4-9-15-13(14)16-10-12-8-6-5-7-11(12)2/h5-8H,3-4,9-10H2,1-2H3,(H3,14,15,16). The van der Waals surface area contributed by atoms with Crippen LogP contribution in [0.2, 0.25) is 0 Å². The third kappa shape index (κ3) is 4.34. The maximum Gasteiger partial charge on any atom is 0.188 e. The zero-order valence-corrected chi connectivity index (χ0v) is 10.2. The van der Waals surface area contributed by atoms with Crippen molar-refractivity contribution < 1.29 is 0 Å². The molecule has 1 aromatic rings. The van der Waals surface area contributed by atoms with E-state index < -0.39 is 0 Å². The summed E-state index contributed by atoms with van der Waals surface area (Å²) in [6, 6.07) is 8.23. The Labute approximate surface area is 97.8 Å². The fourth-order valence-corrected chi connectivity index (χ4v) is 1.41. The topological polar surface area (TPSA) is 50.4 Å². The molecule has 3 N–H and O–H groups in total. The number of nitrogens with two attached hydrogens (primary N) is 1. The molecule has 0 spiro atoms. The molecular weight excluding hydrogens is 198 g/mol. The average molecular weight is 219 g/mol. The third-order valence-corrected chi connectivity index (χ3v) is 2.52. The van der Waals surface area contributed by atoms with E-state index in [1.807, 2.05) is 12.1 Å². The van der Waals surface area contributed by atoms with E-state index in [-0.39, 0.29) is 0 Å². The molecule has 0 heterocycles. The highest BCUT2D eigenvalue weighted by atomic mass is 15.1. The Kier molecular flexibility index (Phi) is 5.40. The second kappa shape index (κ2) is 6.88. The minimum Gasteiger partial charge on any atom is -0.370 e. The summed E-state index contributed by atoms with van der Waals surface area (Å²) in [4.78, 5) is 4.31. The Bertz CT molecular complexity index is 345. The summed E-state index contributed by atoms with van der Waals surface area (Å²) in [7, 11) is 0. The molecule has 0 aliphatic heterocycles. The van der Waals surface area contributed by atoms with Crippen molar-refractivity contribution in [1.29, 1.82) is 0 Å². The molecule has 0 saturated carbocycles. The van der Waals surface area contributed by atoms with Crippen LogP contribution in [0.5, 0.6) is 0 Å². The number of rotatable bonds is 5. The van der Waals surface area contributed by atoms with E-state index in [4.69, 9.17) is 5.73 Å². The Morgan fingerprint density at radius 2 is 2.12 bits per heavy atom. The first-order chi connectivity index (χ1) is 7.74. The highest BCUT2D eigenvalue weighted by molar-refractivity contribution is 5.77. The van der Waals surface area contributed by atoms with Crippen LogP contribution in [-0.2, 0) is 6.54 Å². The van der Waals surface area contributed by atoms with Gasteiger partial charge >= 0.3 is 0 Å². The fourth-order valence-electron chi connectivity index (χ4n) is 1.41. The van der Waals surface area contributed by atoms with E-state index in [1.54, 1.807) is 0 Å². The second-order valence-corrected chi connectivity index (χ2v) is 3.91. The number of guanidine groups is 1. The molecule has 0 saturated heterocycles. The molecule has 3 nitrogen and oxygen atoms in total. The van der Waals surface area contributed by atoms with E-state index in [0.29, 0.717) is 12.5 Å². The van der Waals surface area contributed by atoms with Gasteiger partial charge in [0.1, 0.15) is 0 Å². The number of unbranched alkanes of at least 4 members (excludes halogenated alkanes) is 1. The van der Waals surface area contributed by atoms with Crippen LogP contribution in [-0.4, -0.2) is 12.5 Å². The van der Waals surface area contributed by atoms with E-state index in [1.165, 1.54) is 11.1 Å². The Morgan fingerprint density at radius 1 is 1.38 bits per heavy atom. The lowest BCUT2D eigenvalue weighted by atomic mass is 10.1. The molecule has 0 atom stereocenters. The van der Waals surface area contributed by atoms with Crippen molar-refractivity contribution in [3.63, 3.8) is 0 Å². The van der Waals surface area contributed by atoms with Gasteiger partial charge in [-0.1, -0.05) is 37.6 Å². The minimum absolute atomic E-state index is 0.539. The maximum absolute atomic E-state index is 5.75. The van der Waals surface area contributed by atoms with Crippen LogP contribution >= 0.6 is 0 Å². The van der Waals surface area contributed by atoms with Gasteiger partial charge in [0.2, 0.25) is 0 Å². The lowest BCUT2D eigenvalue weighted by Crippen LogP contribution is -2.32. The minimum atomic E-state index is 0.539. The number of aryl methyl sites for hydroxylation is 1. The zero-order valence-electron chi connectivity index (χ0n) is 10.2. The van der Waals surface area contributed by atoms with E-state index >= 15 is 0 Å². The molecule has 0 radical (unpaired) electrons. The smallest absolute Gasteiger partial charge is 0.188 e. The largest absolute Gasteiger partial charge is 0.370 e. The zero-order chi connectivity index (χ0) is 11.8. The first-order valence-corrected chi connectivity index (χ1v) is 5.82. The Balaban J connectivity index is 2.43. The molecule has 0 fully saturated rings. The van der Waals surface area contributed by atoms with E-state index in [9.17, 15) is 0 Å². The van der Waals surface area contributed by atoms with E-state index in [2.05, 4.69) is 36.3 Å². The molecule has 1 aromatic carbocycles. The van der Waals surface area contributed by atoms with Crippen molar-refractivity contribution >= 4 is 5.96 Å². The molecule has 16 heavy (non-hydrogen) atoms. The summed E-state index contributed by atoms with van der Waals surface area (Å²) in [6.45, 7) is 5.80. The summed E-state index contributed by atoms with van der Waals surface area (Å²) in [5.41, 5.74) is 8.23. The maximum atomic E-state index is 5.75. The third-order valence-electron chi connectivity index (χ3n) is 2.52. The van der Waals surface area contributed by atoms with Crippen LogP contribution < -0.4 is 11.1 Å². The lowest BCUT2D eigenvalue weighted by Gasteiger charge is -2.05. The van der Waals surface area contributed by atoms with E-state index in [0.717, 1.165) is 19.4 Å². The average Bonchev–Trinajstić information content (AvgIpc) is 2.28. The van der Waals surface area contributed by atoms with Crippen LogP contribution in [0, 0.1) is 6.92 Å². The number of aliphatic imine (C=N–C) groups is 1. The molecule has 88 valence electrons. The molecule has 3 heteroatoms. The summed E-state index contributed by atoms with van der Waals surface area (Å²) >= 11 is 0. The summed E-state index contributed by atoms with van der Waals surface area (Å²) in [5, 5.41) is 3.10. The summed E-state index contributed by atoms with van der Waals surface area (Å²) < 4.78 is 0. The van der Waals surface area contributed by atoms with Crippen LogP contribution in [0.3, 0.4) is 0 Å². The normalized spacial score (nSPS) is 11.5. The van der Waals surface area contributed by atoms with Crippen LogP contribution in [0.25, 0.3) is 0 Å². The van der Waals surface area contributed by atoms with Gasteiger partial charge in [-0.05, 0) is 24.5 Å². The molecule has 0 aliphatic carbocycles.